The number of methoxy groups -OCH3 is 1. The molecule has 2 aromatic carbocycles. The number of esters is 1. The van der Waals surface area contributed by atoms with Gasteiger partial charge in [-0.3, -0.25) is 9.59 Å². The first-order valence-electron chi connectivity index (χ1n) is 9.39. The van der Waals surface area contributed by atoms with Crippen molar-refractivity contribution in [3.05, 3.63) is 53.1 Å². The van der Waals surface area contributed by atoms with Crippen molar-refractivity contribution in [1.82, 2.24) is 0 Å². The van der Waals surface area contributed by atoms with E-state index in [0.29, 0.717) is 22.2 Å². The lowest BCUT2D eigenvalue weighted by molar-refractivity contribution is -0.139. The summed E-state index contributed by atoms with van der Waals surface area (Å²) in [6.45, 7) is 4.42. The molecule has 1 fully saturated rings. The van der Waals surface area contributed by atoms with Crippen LogP contribution in [0.3, 0.4) is 0 Å². The van der Waals surface area contributed by atoms with Gasteiger partial charge in [0.05, 0.1) is 18.7 Å². The summed E-state index contributed by atoms with van der Waals surface area (Å²) < 4.78 is 11.0. The average molecular weight is 402 g/mol. The van der Waals surface area contributed by atoms with Gasteiger partial charge in [-0.15, -0.1) is 0 Å². The van der Waals surface area contributed by atoms with E-state index >= 15 is 0 Å². The van der Waals surface area contributed by atoms with Crippen LogP contribution in [0.4, 0.5) is 5.69 Å². The van der Waals surface area contributed by atoms with Crippen LogP contribution in [-0.2, 0) is 9.59 Å². The van der Waals surface area contributed by atoms with Crippen molar-refractivity contribution >= 4 is 29.2 Å². The Morgan fingerprint density at radius 1 is 1.25 bits per heavy atom. The zero-order chi connectivity index (χ0) is 20.3. The molecule has 0 radical (unpaired) electrons. The second kappa shape index (κ2) is 8.65. The van der Waals surface area contributed by atoms with Gasteiger partial charge in [0.15, 0.2) is 0 Å². The summed E-state index contributed by atoms with van der Waals surface area (Å²) in [5.74, 6) is 0.287. The molecule has 3 rings (SSSR count). The lowest BCUT2D eigenvalue weighted by atomic mass is 9.98. The lowest BCUT2D eigenvalue weighted by Crippen LogP contribution is -2.27. The number of hydrogen-bond acceptors (Lipinski definition) is 4. The predicted octanol–water partition coefficient (Wildman–Crippen LogP) is 4.82. The van der Waals surface area contributed by atoms with Crippen LogP contribution in [0.25, 0.3) is 0 Å². The Bertz CT molecular complexity index is 883. The minimum absolute atomic E-state index is 0.0972. The van der Waals surface area contributed by atoms with E-state index in [9.17, 15) is 9.59 Å². The highest BCUT2D eigenvalue weighted by Gasteiger charge is 2.37. The smallest absolute Gasteiger partial charge is 0.316 e. The molecule has 2 aromatic rings. The molecule has 5 nitrogen and oxygen atoms in total. The Labute approximate surface area is 170 Å². The SMILES string of the molecule is CC[C@@H](C)c1ccccc1OC(=O)[C@@H]1CC(=O)N(c2cc(Cl)ccc2OC)C1. The molecule has 28 heavy (non-hydrogen) atoms. The molecule has 1 saturated heterocycles. The first-order valence-corrected chi connectivity index (χ1v) is 9.76. The van der Waals surface area contributed by atoms with Gasteiger partial charge in [-0.1, -0.05) is 43.6 Å². The van der Waals surface area contributed by atoms with Crippen molar-refractivity contribution in [2.45, 2.75) is 32.6 Å². The number of ether oxygens (including phenoxy) is 2. The quantitative estimate of drug-likeness (QED) is 0.514. The van der Waals surface area contributed by atoms with Crippen molar-refractivity contribution in [3.63, 3.8) is 0 Å². The van der Waals surface area contributed by atoms with Gasteiger partial charge in [-0.05, 0) is 42.2 Å². The van der Waals surface area contributed by atoms with Crippen LogP contribution in [0.1, 0.15) is 38.2 Å². The number of carbonyl (C=O) groups excluding carboxylic acids is 2. The molecule has 1 aliphatic heterocycles. The molecule has 0 spiro atoms. The third kappa shape index (κ3) is 4.14. The molecule has 2 atom stereocenters. The van der Waals surface area contributed by atoms with Crippen LogP contribution in [0, 0.1) is 5.92 Å². The van der Waals surface area contributed by atoms with Gasteiger partial charge in [0, 0.05) is 18.0 Å². The first kappa shape index (κ1) is 20.2. The normalized spacial score (nSPS) is 17.5. The molecule has 1 amide bonds. The van der Waals surface area contributed by atoms with E-state index in [2.05, 4.69) is 13.8 Å². The van der Waals surface area contributed by atoms with Gasteiger partial charge < -0.3 is 14.4 Å². The van der Waals surface area contributed by atoms with E-state index < -0.39 is 11.9 Å². The maximum absolute atomic E-state index is 12.8. The summed E-state index contributed by atoms with van der Waals surface area (Å²) >= 11 is 6.08. The van der Waals surface area contributed by atoms with Gasteiger partial charge >= 0.3 is 5.97 Å². The molecular formula is C22H24ClNO4. The number of anilines is 1. The summed E-state index contributed by atoms with van der Waals surface area (Å²) in [5.41, 5.74) is 1.56. The summed E-state index contributed by atoms with van der Waals surface area (Å²) in [6, 6.07) is 12.6. The molecule has 1 heterocycles. The number of benzene rings is 2. The van der Waals surface area contributed by atoms with Crippen LogP contribution in [0.15, 0.2) is 42.5 Å². The molecule has 0 bridgehead atoms. The Hall–Kier alpha value is -2.53. The highest BCUT2D eigenvalue weighted by molar-refractivity contribution is 6.31. The van der Waals surface area contributed by atoms with E-state index in [-0.39, 0.29) is 24.8 Å². The minimum atomic E-state index is -0.541. The summed E-state index contributed by atoms with van der Waals surface area (Å²) in [6.07, 6.45) is 1.04. The van der Waals surface area contributed by atoms with E-state index in [1.807, 2.05) is 18.2 Å². The number of nitrogens with zero attached hydrogens (tertiary/aromatic N) is 1. The van der Waals surface area contributed by atoms with Gasteiger partial charge in [-0.2, -0.15) is 0 Å². The number of amides is 1. The number of para-hydroxylation sites is 1. The molecule has 0 aliphatic carbocycles. The summed E-state index contributed by atoms with van der Waals surface area (Å²) in [5, 5.41) is 0.497. The van der Waals surface area contributed by atoms with Gasteiger partial charge in [0.25, 0.3) is 0 Å². The van der Waals surface area contributed by atoms with Crippen molar-refractivity contribution in [2.75, 3.05) is 18.6 Å². The van der Waals surface area contributed by atoms with E-state index in [0.717, 1.165) is 12.0 Å². The van der Waals surface area contributed by atoms with Gasteiger partial charge in [0.2, 0.25) is 5.91 Å². The average Bonchev–Trinajstić information content (AvgIpc) is 3.09. The molecule has 0 aromatic heterocycles. The molecule has 0 saturated carbocycles. The zero-order valence-corrected chi connectivity index (χ0v) is 17.0. The predicted molar refractivity (Wildman–Crippen MR) is 109 cm³/mol. The molecule has 6 heteroatoms. The third-order valence-electron chi connectivity index (χ3n) is 5.16. The summed E-state index contributed by atoms with van der Waals surface area (Å²) in [4.78, 5) is 26.9. The number of carbonyl (C=O) groups is 2. The van der Waals surface area contributed by atoms with E-state index in [1.165, 1.54) is 12.0 Å². The van der Waals surface area contributed by atoms with Crippen LogP contribution in [0.5, 0.6) is 11.5 Å². The Morgan fingerprint density at radius 2 is 2.00 bits per heavy atom. The van der Waals surface area contributed by atoms with E-state index in [1.54, 1.807) is 24.3 Å². The van der Waals surface area contributed by atoms with Crippen molar-refractivity contribution in [2.24, 2.45) is 5.92 Å². The number of rotatable bonds is 6. The van der Waals surface area contributed by atoms with Crippen LogP contribution < -0.4 is 14.4 Å². The third-order valence-corrected chi connectivity index (χ3v) is 5.40. The Morgan fingerprint density at radius 3 is 2.71 bits per heavy atom. The van der Waals surface area contributed by atoms with Crippen LogP contribution in [-0.4, -0.2) is 25.5 Å². The monoisotopic (exact) mass is 401 g/mol. The maximum atomic E-state index is 12.8. The van der Waals surface area contributed by atoms with Gasteiger partial charge in [-0.25, -0.2) is 0 Å². The van der Waals surface area contributed by atoms with Crippen molar-refractivity contribution in [1.29, 1.82) is 0 Å². The summed E-state index contributed by atoms with van der Waals surface area (Å²) in [7, 11) is 1.53. The largest absolute Gasteiger partial charge is 0.495 e. The van der Waals surface area contributed by atoms with E-state index in [4.69, 9.17) is 21.1 Å². The zero-order valence-electron chi connectivity index (χ0n) is 16.3. The fraction of sp³-hybridized carbons (Fsp3) is 0.364. The topological polar surface area (TPSA) is 55.8 Å². The van der Waals surface area contributed by atoms with Gasteiger partial charge in [0.1, 0.15) is 11.5 Å². The van der Waals surface area contributed by atoms with Crippen LogP contribution >= 0.6 is 11.6 Å². The van der Waals surface area contributed by atoms with Crippen molar-refractivity contribution < 1.29 is 19.1 Å². The Kier molecular flexibility index (Phi) is 6.25. The number of halogens is 1. The molecule has 148 valence electrons. The molecule has 1 aliphatic rings. The number of hydrogen-bond donors (Lipinski definition) is 0. The second-order valence-electron chi connectivity index (χ2n) is 6.99. The molecule has 0 N–H and O–H groups in total. The lowest BCUT2D eigenvalue weighted by Gasteiger charge is -2.20. The molecule has 0 unspecified atom stereocenters. The Balaban J connectivity index is 1.78. The fourth-order valence-corrected chi connectivity index (χ4v) is 3.53. The minimum Gasteiger partial charge on any atom is -0.495 e. The standard InChI is InChI=1S/C22H24ClNO4/c1-4-14(2)17-7-5-6-8-19(17)28-22(26)15-11-21(25)24(13-15)18-12-16(23)9-10-20(18)27-3/h5-10,12,14-15H,4,11,13H2,1-3H3/t14-,15-/m1/s1. The first-order chi connectivity index (χ1) is 13.4. The second-order valence-corrected chi connectivity index (χ2v) is 7.43. The highest BCUT2D eigenvalue weighted by Crippen LogP contribution is 2.36. The maximum Gasteiger partial charge on any atom is 0.316 e. The molecular weight excluding hydrogens is 378 g/mol. The highest BCUT2D eigenvalue weighted by atomic mass is 35.5. The fourth-order valence-electron chi connectivity index (χ4n) is 3.36. The van der Waals surface area contributed by atoms with Crippen LogP contribution in [0.2, 0.25) is 5.02 Å². The van der Waals surface area contributed by atoms with Crippen molar-refractivity contribution in [3.8, 4) is 11.5 Å².